The molecule has 0 aliphatic rings. The molecule has 0 saturated heterocycles. The number of carbonyl (C=O) groups is 2. The summed E-state index contributed by atoms with van der Waals surface area (Å²) in [4.78, 5) is 30.0. The van der Waals surface area contributed by atoms with E-state index in [0.717, 1.165) is 0 Å². The van der Waals surface area contributed by atoms with Crippen LogP contribution in [0.15, 0.2) is 36.4 Å². The normalized spacial score (nSPS) is 10.1. The molecule has 1 aromatic carbocycles. The van der Waals surface area contributed by atoms with Crippen LogP contribution >= 0.6 is 11.6 Å². The van der Waals surface area contributed by atoms with Crippen LogP contribution in [-0.2, 0) is 0 Å². The quantitative estimate of drug-likeness (QED) is 0.513. The molecule has 1 heterocycles. The minimum Gasteiger partial charge on any atom is -0.399 e. The molecule has 0 unspecified atom stereocenters. The maximum Gasteiger partial charge on any atom is 0.258 e. The molecule has 3 N–H and O–H groups in total. The van der Waals surface area contributed by atoms with E-state index < -0.39 is 11.8 Å². The molecule has 1 aromatic heterocycles. The second-order valence-electron chi connectivity index (χ2n) is 4.84. The van der Waals surface area contributed by atoms with Crippen LogP contribution in [0.4, 0.5) is 11.5 Å². The number of halogens is 1. The van der Waals surface area contributed by atoms with E-state index in [1.165, 1.54) is 6.07 Å². The Kier molecular flexibility index (Phi) is 4.62. The number of pyridine rings is 1. The van der Waals surface area contributed by atoms with Gasteiger partial charge in [-0.3, -0.25) is 14.9 Å². The smallest absolute Gasteiger partial charge is 0.258 e. The van der Waals surface area contributed by atoms with Gasteiger partial charge in [0.25, 0.3) is 11.8 Å². The van der Waals surface area contributed by atoms with Crippen LogP contribution in [0, 0.1) is 0 Å². The molecule has 0 spiro atoms. The highest BCUT2D eigenvalue weighted by Gasteiger charge is 2.14. The Labute approximate surface area is 132 Å². The lowest BCUT2D eigenvalue weighted by atomic mass is 10.2. The molecule has 0 fully saturated rings. The lowest BCUT2D eigenvalue weighted by molar-refractivity contribution is 0.0849. The second kappa shape index (κ2) is 6.44. The van der Waals surface area contributed by atoms with Gasteiger partial charge in [0.15, 0.2) is 0 Å². The zero-order valence-electron chi connectivity index (χ0n) is 12.1. The summed E-state index contributed by atoms with van der Waals surface area (Å²) in [6.07, 6.45) is 0. The fourth-order valence-electron chi connectivity index (χ4n) is 1.73. The molecule has 7 heteroatoms. The number of benzene rings is 1. The Balaban J connectivity index is 2.18. The Morgan fingerprint density at radius 1 is 1.09 bits per heavy atom. The molecular weight excluding hydrogens is 304 g/mol. The van der Waals surface area contributed by atoms with Crippen molar-refractivity contribution in [2.75, 3.05) is 24.7 Å². The third-order valence-corrected chi connectivity index (χ3v) is 3.09. The lowest BCUT2D eigenvalue weighted by Crippen LogP contribution is -2.30. The summed E-state index contributed by atoms with van der Waals surface area (Å²) in [6.45, 7) is 0. The first-order valence-corrected chi connectivity index (χ1v) is 6.81. The van der Waals surface area contributed by atoms with Gasteiger partial charge in [0.05, 0.1) is 0 Å². The topological polar surface area (TPSA) is 88.3 Å². The molecule has 0 bridgehead atoms. The fourth-order valence-corrected chi connectivity index (χ4v) is 1.93. The molecule has 0 saturated carbocycles. The highest BCUT2D eigenvalue weighted by molar-refractivity contribution is 6.30. The van der Waals surface area contributed by atoms with Gasteiger partial charge in [0, 0.05) is 30.9 Å². The molecular formula is C15H15ClN4O2. The van der Waals surface area contributed by atoms with Crippen LogP contribution < -0.4 is 16.0 Å². The van der Waals surface area contributed by atoms with Crippen molar-refractivity contribution in [3.05, 3.63) is 52.7 Å². The summed E-state index contributed by atoms with van der Waals surface area (Å²) in [7, 11) is 3.56. The SMILES string of the molecule is CN(C)c1cc(C(=O)NC(=O)c2ccc(N)cc2)cc(Cl)n1. The lowest BCUT2D eigenvalue weighted by Gasteiger charge is -2.13. The number of amides is 2. The van der Waals surface area contributed by atoms with E-state index in [0.29, 0.717) is 17.1 Å². The Morgan fingerprint density at radius 2 is 1.68 bits per heavy atom. The molecule has 114 valence electrons. The number of imide groups is 1. The van der Waals surface area contributed by atoms with E-state index >= 15 is 0 Å². The van der Waals surface area contributed by atoms with Gasteiger partial charge in [-0.1, -0.05) is 11.6 Å². The first kappa shape index (κ1) is 15.8. The van der Waals surface area contributed by atoms with Crippen LogP contribution in [0.2, 0.25) is 5.15 Å². The number of aromatic nitrogens is 1. The number of hydrogen-bond donors (Lipinski definition) is 2. The highest BCUT2D eigenvalue weighted by Crippen LogP contribution is 2.16. The van der Waals surface area contributed by atoms with Gasteiger partial charge in [-0.05, 0) is 36.4 Å². The van der Waals surface area contributed by atoms with Crippen LogP contribution in [0.5, 0.6) is 0 Å². The number of nitrogens with two attached hydrogens (primary N) is 1. The number of nitrogen functional groups attached to an aromatic ring is 1. The van der Waals surface area contributed by atoms with Gasteiger partial charge in [0.1, 0.15) is 11.0 Å². The number of hydrogen-bond acceptors (Lipinski definition) is 5. The molecule has 2 aromatic rings. The predicted molar refractivity (Wildman–Crippen MR) is 86.2 cm³/mol. The van der Waals surface area contributed by atoms with Crippen LogP contribution in [0.25, 0.3) is 0 Å². The first-order chi connectivity index (χ1) is 10.4. The molecule has 0 aliphatic carbocycles. The summed E-state index contributed by atoms with van der Waals surface area (Å²) >= 11 is 5.89. The van der Waals surface area contributed by atoms with Crippen LogP contribution in [0.3, 0.4) is 0 Å². The van der Waals surface area contributed by atoms with Crippen molar-refractivity contribution < 1.29 is 9.59 Å². The maximum absolute atomic E-state index is 12.2. The number of nitrogens with zero attached hydrogens (tertiary/aromatic N) is 2. The van der Waals surface area contributed by atoms with Gasteiger partial charge in [-0.15, -0.1) is 0 Å². The Hall–Kier alpha value is -2.60. The fraction of sp³-hybridized carbons (Fsp3) is 0.133. The number of anilines is 2. The van der Waals surface area contributed by atoms with Crippen molar-refractivity contribution >= 4 is 34.9 Å². The average molecular weight is 319 g/mol. The van der Waals surface area contributed by atoms with Gasteiger partial charge < -0.3 is 10.6 Å². The third kappa shape index (κ3) is 3.73. The molecule has 2 rings (SSSR count). The number of rotatable bonds is 3. The van der Waals surface area contributed by atoms with Gasteiger partial charge in [-0.2, -0.15) is 0 Å². The van der Waals surface area contributed by atoms with Crippen molar-refractivity contribution in [3.63, 3.8) is 0 Å². The van der Waals surface area contributed by atoms with Crippen LogP contribution in [0.1, 0.15) is 20.7 Å². The molecule has 0 atom stereocenters. The second-order valence-corrected chi connectivity index (χ2v) is 5.22. The van der Waals surface area contributed by atoms with Crippen LogP contribution in [-0.4, -0.2) is 30.9 Å². The predicted octanol–water partition coefficient (Wildman–Crippen LogP) is 1.95. The van der Waals surface area contributed by atoms with Gasteiger partial charge in [0.2, 0.25) is 0 Å². The average Bonchev–Trinajstić information content (AvgIpc) is 2.47. The largest absolute Gasteiger partial charge is 0.399 e. The van der Waals surface area contributed by atoms with Crippen molar-refractivity contribution in [2.45, 2.75) is 0 Å². The molecule has 22 heavy (non-hydrogen) atoms. The number of nitrogens with one attached hydrogen (secondary N) is 1. The van der Waals surface area contributed by atoms with Crippen molar-refractivity contribution in [1.82, 2.24) is 10.3 Å². The number of carbonyl (C=O) groups excluding carboxylic acids is 2. The summed E-state index contributed by atoms with van der Waals surface area (Å²) < 4.78 is 0. The van der Waals surface area contributed by atoms with E-state index in [1.807, 2.05) is 0 Å². The summed E-state index contributed by atoms with van der Waals surface area (Å²) in [6, 6.07) is 9.22. The monoisotopic (exact) mass is 318 g/mol. The van der Waals surface area contributed by atoms with E-state index in [9.17, 15) is 9.59 Å². The van der Waals surface area contributed by atoms with Gasteiger partial charge in [-0.25, -0.2) is 4.98 Å². The van der Waals surface area contributed by atoms with Gasteiger partial charge >= 0.3 is 0 Å². The summed E-state index contributed by atoms with van der Waals surface area (Å²) in [5.74, 6) is -0.531. The third-order valence-electron chi connectivity index (χ3n) is 2.90. The van der Waals surface area contributed by atoms with E-state index in [4.69, 9.17) is 17.3 Å². The molecule has 6 nitrogen and oxygen atoms in total. The standard InChI is InChI=1S/C15H15ClN4O2/c1-20(2)13-8-10(7-12(16)18-13)15(22)19-14(21)9-3-5-11(17)6-4-9/h3-8H,17H2,1-2H3,(H,19,21,22). The minimum atomic E-state index is -0.547. The zero-order valence-corrected chi connectivity index (χ0v) is 12.9. The Morgan fingerprint density at radius 3 is 2.27 bits per heavy atom. The summed E-state index contributed by atoms with van der Waals surface area (Å²) in [5, 5.41) is 2.48. The highest BCUT2D eigenvalue weighted by atomic mass is 35.5. The molecule has 2 amide bonds. The molecule has 0 aliphatic heterocycles. The first-order valence-electron chi connectivity index (χ1n) is 6.43. The maximum atomic E-state index is 12.2. The van der Waals surface area contributed by atoms with E-state index in [1.54, 1.807) is 49.3 Å². The Bertz CT molecular complexity index is 714. The van der Waals surface area contributed by atoms with Crippen molar-refractivity contribution in [3.8, 4) is 0 Å². The molecule has 0 radical (unpaired) electrons. The van der Waals surface area contributed by atoms with Crippen molar-refractivity contribution in [1.29, 1.82) is 0 Å². The summed E-state index contributed by atoms with van der Waals surface area (Å²) in [5.41, 5.74) is 6.70. The minimum absolute atomic E-state index is 0.177. The van der Waals surface area contributed by atoms with E-state index in [2.05, 4.69) is 10.3 Å². The van der Waals surface area contributed by atoms with Crippen molar-refractivity contribution in [2.24, 2.45) is 0 Å². The zero-order chi connectivity index (χ0) is 16.3. The van der Waals surface area contributed by atoms with E-state index in [-0.39, 0.29) is 10.7 Å².